The van der Waals surface area contributed by atoms with Crippen LogP contribution in [0.5, 0.6) is 0 Å². The van der Waals surface area contributed by atoms with Gasteiger partial charge in [0, 0.05) is 18.8 Å². The molecule has 0 aliphatic rings. The summed E-state index contributed by atoms with van der Waals surface area (Å²) in [7, 11) is 1.32. The van der Waals surface area contributed by atoms with Gasteiger partial charge in [0.05, 0.1) is 13.2 Å². The first-order valence-electron chi connectivity index (χ1n) is 5.01. The van der Waals surface area contributed by atoms with Crippen molar-refractivity contribution in [1.29, 1.82) is 0 Å². The van der Waals surface area contributed by atoms with E-state index in [0.29, 0.717) is 13.0 Å². The molecule has 1 atom stereocenters. The Bertz CT molecular complexity index is 218. The van der Waals surface area contributed by atoms with Crippen LogP contribution in [0.2, 0.25) is 0 Å². The number of methoxy groups -OCH3 is 1. The van der Waals surface area contributed by atoms with Crippen molar-refractivity contribution in [3.05, 3.63) is 12.3 Å². The van der Waals surface area contributed by atoms with Crippen LogP contribution in [0.25, 0.3) is 0 Å². The standard InChI is InChI=1S/C11H21NO3/c1-11(2,3)7-9(13)8-12-6-5-10(14)15-4/h5-6,9,12-13H,7-8H2,1-4H3/b6-5+. The van der Waals surface area contributed by atoms with Crippen molar-refractivity contribution in [1.82, 2.24) is 5.32 Å². The molecular weight excluding hydrogens is 194 g/mol. The minimum absolute atomic E-state index is 0.104. The molecule has 4 heteroatoms. The summed E-state index contributed by atoms with van der Waals surface area (Å²) in [6.45, 7) is 6.65. The molecule has 0 aromatic heterocycles. The van der Waals surface area contributed by atoms with Gasteiger partial charge >= 0.3 is 5.97 Å². The molecule has 2 N–H and O–H groups in total. The van der Waals surface area contributed by atoms with Gasteiger partial charge in [0.2, 0.25) is 0 Å². The maximum Gasteiger partial charge on any atom is 0.331 e. The summed E-state index contributed by atoms with van der Waals surface area (Å²) in [6.07, 6.45) is 3.07. The zero-order chi connectivity index (χ0) is 11.9. The topological polar surface area (TPSA) is 58.6 Å². The summed E-state index contributed by atoms with van der Waals surface area (Å²) >= 11 is 0. The maximum atomic E-state index is 10.7. The first kappa shape index (κ1) is 14.0. The molecule has 0 aliphatic heterocycles. The third-order valence-corrected chi connectivity index (χ3v) is 1.74. The zero-order valence-corrected chi connectivity index (χ0v) is 9.91. The number of hydrogen-bond acceptors (Lipinski definition) is 4. The molecule has 88 valence electrons. The van der Waals surface area contributed by atoms with Gasteiger partial charge in [0.1, 0.15) is 0 Å². The van der Waals surface area contributed by atoms with Crippen LogP contribution in [0.4, 0.5) is 0 Å². The minimum atomic E-state index is -0.410. The summed E-state index contributed by atoms with van der Waals surface area (Å²) in [6, 6.07) is 0. The van der Waals surface area contributed by atoms with Gasteiger partial charge in [-0.2, -0.15) is 0 Å². The molecule has 0 rings (SSSR count). The summed E-state index contributed by atoms with van der Waals surface area (Å²) in [5, 5.41) is 12.4. The number of rotatable bonds is 5. The van der Waals surface area contributed by atoms with E-state index in [1.54, 1.807) is 0 Å². The van der Waals surface area contributed by atoms with Crippen molar-refractivity contribution in [2.24, 2.45) is 5.41 Å². The molecule has 0 heterocycles. The van der Waals surface area contributed by atoms with Crippen molar-refractivity contribution < 1.29 is 14.6 Å². The molecule has 0 aliphatic carbocycles. The van der Waals surface area contributed by atoms with Gasteiger partial charge in [-0.25, -0.2) is 4.79 Å². The number of hydrogen-bond donors (Lipinski definition) is 2. The van der Waals surface area contributed by atoms with Crippen molar-refractivity contribution in [2.45, 2.75) is 33.3 Å². The highest BCUT2D eigenvalue weighted by atomic mass is 16.5. The van der Waals surface area contributed by atoms with Crippen LogP contribution in [-0.4, -0.2) is 30.8 Å². The van der Waals surface area contributed by atoms with E-state index in [2.05, 4.69) is 30.8 Å². The van der Waals surface area contributed by atoms with E-state index in [-0.39, 0.29) is 5.41 Å². The van der Waals surface area contributed by atoms with Gasteiger partial charge in [-0.3, -0.25) is 0 Å². The Kier molecular flexibility index (Phi) is 6.01. The molecule has 0 aromatic rings. The SMILES string of the molecule is COC(=O)/C=C/NCC(O)CC(C)(C)C. The maximum absolute atomic E-state index is 10.7. The molecular formula is C11H21NO3. The lowest BCUT2D eigenvalue weighted by Gasteiger charge is -2.22. The van der Waals surface area contributed by atoms with Crippen molar-refractivity contribution >= 4 is 5.97 Å². The van der Waals surface area contributed by atoms with Gasteiger partial charge < -0.3 is 15.2 Å². The Balaban J connectivity index is 3.68. The van der Waals surface area contributed by atoms with E-state index in [9.17, 15) is 9.90 Å². The molecule has 0 spiro atoms. The third-order valence-electron chi connectivity index (χ3n) is 1.74. The zero-order valence-electron chi connectivity index (χ0n) is 9.91. The second kappa shape index (κ2) is 6.45. The van der Waals surface area contributed by atoms with Crippen molar-refractivity contribution in [3.8, 4) is 0 Å². The predicted octanol–water partition coefficient (Wildman–Crippen LogP) is 1.06. The van der Waals surface area contributed by atoms with Crippen LogP contribution in [0, 0.1) is 5.41 Å². The van der Waals surface area contributed by atoms with Crippen molar-refractivity contribution in [3.63, 3.8) is 0 Å². The van der Waals surface area contributed by atoms with E-state index < -0.39 is 12.1 Å². The van der Waals surface area contributed by atoms with Crippen LogP contribution < -0.4 is 5.32 Å². The molecule has 0 bridgehead atoms. The Labute approximate surface area is 91.3 Å². The van der Waals surface area contributed by atoms with E-state index in [0.717, 1.165) is 0 Å². The Morgan fingerprint density at radius 1 is 1.53 bits per heavy atom. The number of nitrogens with one attached hydrogen (secondary N) is 1. The molecule has 0 saturated heterocycles. The van der Waals surface area contributed by atoms with Crippen LogP contribution in [0.1, 0.15) is 27.2 Å². The lowest BCUT2D eigenvalue weighted by molar-refractivity contribution is -0.134. The fourth-order valence-corrected chi connectivity index (χ4v) is 1.18. The van der Waals surface area contributed by atoms with Gasteiger partial charge in [-0.05, 0) is 11.8 Å². The molecule has 4 nitrogen and oxygen atoms in total. The third kappa shape index (κ3) is 9.28. The largest absolute Gasteiger partial charge is 0.466 e. The highest BCUT2D eigenvalue weighted by molar-refractivity contribution is 5.81. The van der Waals surface area contributed by atoms with Gasteiger partial charge in [0.25, 0.3) is 0 Å². The molecule has 0 saturated carbocycles. The summed E-state index contributed by atoms with van der Waals surface area (Å²) in [4.78, 5) is 10.7. The monoisotopic (exact) mass is 215 g/mol. The fourth-order valence-electron chi connectivity index (χ4n) is 1.18. The van der Waals surface area contributed by atoms with Crippen LogP contribution in [0.15, 0.2) is 12.3 Å². The fraction of sp³-hybridized carbons (Fsp3) is 0.727. The van der Waals surface area contributed by atoms with Crippen molar-refractivity contribution in [2.75, 3.05) is 13.7 Å². The van der Waals surface area contributed by atoms with Crippen LogP contribution in [-0.2, 0) is 9.53 Å². The second-order valence-electron chi connectivity index (χ2n) is 4.68. The number of aliphatic hydroxyl groups excluding tert-OH is 1. The summed E-state index contributed by atoms with van der Waals surface area (Å²) < 4.78 is 4.41. The smallest absolute Gasteiger partial charge is 0.331 e. The highest BCUT2D eigenvalue weighted by Crippen LogP contribution is 2.20. The van der Waals surface area contributed by atoms with Crippen LogP contribution in [0.3, 0.4) is 0 Å². The van der Waals surface area contributed by atoms with Crippen LogP contribution >= 0.6 is 0 Å². The normalized spacial score (nSPS) is 13.9. The first-order valence-corrected chi connectivity index (χ1v) is 5.01. The molecule has 0 amide bonds. The number of ether oxygens (including phenoxy) is 1. The van der Waals surface area contributed by atoms with E-state index in [4.69, 9.17) is 0 Å². The lowest BCUT2D eigenvalue weighted by Crippen LogP contribution is -2.27. The Hall–Kier alpha value is -1.03. The number of aliphatic hydroxyl groups is 1. The first-order chi connectivity index (χ1) is 6.85. The molecule has 0 radical (unpaired) electrons. The minimum Gasteiger partial charge on any atom is -0.466 e. The molecule has 1 unspecified atom stereocenters. The number of carbonyl (C=O) groups excluding carboxylic acids is 1. The Morgan fingerprint density at radius 2 is 2.13 bits per heavy atom. The average molecular weight is 215 g/mol. The molecule has 15 heavy (non-hydrogen) atoms. The van der Waals surface area contributed by atoms with E-state index in [1.165, 1.54) is 19.4 Å². The quantitative estimate of drug-likeness (QED) is 0.532. The average Bonchev–Trinajstić information content (AvgIpc) is 2.09. The predicted molar refractivity (Wildman–Crippen MR) is 59.2 cm³/mol. The van der Waals surface area contributed by atoms with E-state index >= 15 is 0 Å². The highest BCUT2D eigenvalue weighted by Gasteiger charge is 2.15. The summed E-state index contributed by atoms with van der Waals surface area (Å²) in [5.41, 5.74) is 0.104. The van der Waals surface area contributed by atoms with Gasteiger partial charge in [-0.1, -0.05) is 20.8 Å². The number of carbonyl (C=O) groups is 1. The Morgan fingerprint density at radius 3 is 2.60 bits per heavy atom. The second-order valence-corrected chi connectivity index (χ2v) is 4.68. The molecule has 0 fully saturated rings. The lowest BCUT2D eigenvalue weighted by atomic mass is 9.89. The summed E-state index contributed by atoms with van der Waals surface area (Å²) in [5.74, 6) is -0.409. The number of esters is 1. The van der Waals surface area contributed by atoms with Gasteiger partial charge in [0.15, 0.2) is 0 Å². The molecule has 0 aromatic carbocycles. The van der Waals surface area contributed by atoms with Gasteiger partial charge in [-0.15, -0.1) is 0 Å². The van der Waals surface area contributed by atoms with E-state index in [1.807, 2.05) is 0 Å².